The third-order valence-corrected chi connectivity index (χ3v) is 3.70. The second-order valence-electron chi connectivity index (χ2n) is 5.19. The monoisotopic (exact) mass is 297 g/mol. The smallest absolute Gasteiger partial charge is 0.238 e. The van der Waals surface area contributed by atoms with Crippen molar-refractivity contribution in [1.82, 2.24) is 10.2 Å². The fraction of sp³-hybridized carbons (Fsp3) is 0.533. The normalized spacial score (nSPS) is 18.6. The zero-order chi connectivity index (χ0) is 13.7. The van der Waals surface area contributed by atoms with Crippen molar-refractivity contribution in [2.45, 2.75) is 25.8 Å². The molecular formula is C15H24ClN3O. The molecule has 20 heavy (non-hydrogen) atoms. The second kappa shape index (κ2) is 8.25. The van der Waals surface area contributed by atoms with Crippen LogP contribution in [0.5, 0.6) is 0 Å². The molecule has 0 aromatic heterocycles. The van der Waals surface area contributed by atoms with E-state index in [-0.39, 0.29) is 18.3 Å². The summed E-state index contributed by atoms with van der Waals surface area (Å²) in [4.78, 5) is 14.4. The lowest BCUT2D eigenvalue weighted by molar-refractivity contribution is -0.117. The van der Waals surface area contributed by atoms with E-state index in [2.05, 4.69) is 15.5 Å². The molecule has 1 unspecified atom stereocenters. The highest BCUT2D eigenvalue weighted by molar-refractivity contribution is 5.92. The molecule has 112 valence electrons. The summed E-state index contributed by atoms with van der Waals surface area (Å²) in [5.74, 6) is 0.0808. The maximum Gasteiger partial charge on any atom is 0.238 e. The second-order valence-corrected chi connectivity index (χ2v) is 5.19. The number of nitrogens with one attached hydrogen (secondary N) is 2. The number of carbonyl (C=O) groups is 1. The van der Waals surface area contributed by atoms with Crippen LogP contribution in [0.2, 0.25) is 0 Å². The van der Waals surface area contributed by atoms with Crippen molar-refractivity contribution >= 4 is 24.0 Å². The fourth-order valence-electron chi connectivity index (χ4n) is 2.66. The van der Waals surface area contributed by atoms with E-state index in [9.17, 15) is 4.79 Å². The number of likely N-dealkylation sites (N-methyl/N-ethyl adjacent to an activating group) is 1. The van der Waals surface area contributed by atoms with Gasteiger partial charge in [-0.3, -0.25) is 9.69 Å². The van der Waals surface area contributed by atoms with E-state index < -0.39 is 0 Å². The number of nitrogens with zero attached hydrogens (tertiary/aromatic N) is 1. The molecule has 5 heteroatoms. The Kier molecular flexibility index (Phi) is 6.99. The maximum atomic E-state index is 12.1. The number of benzene rings is 1. The molecule has 0 aliphatic carbocycles. The van der Waals surface area contributed by atoms with E-state index in [0.29, 0.717) is 12.6 Å². The van der Waals surface area contributed by atoms with Crippen molar-refractivity contribution < 1.29 is 4.79 Å². The number of amides is 1. The first-order chi connectivity index (χ1) is 9.20. The number of carbonyl (C=O) groups excluding carboxylic acids is 1. The average Bonchev–Trinajstić information content (AvgIpc) is 2.80. The van der Waals surface area contributed by atoms with Crippen molar-refractivity contribution in [2.75, 3.05) is 32.0 Å². The van der Waals surface area contributed by atoms with E-state index in [1.54, 1.807) is 0 Å². The average molecular weight is 298 g/mol. The van der Waals surface area contributed by atoms with E-state index in [4.69, 9.17) is 0 Å². The molecule has 1 aliphatic heterocycles. The van der Waals surface area contributed by atoms with Crippen LogP contribution in [0.25, 0.3) is 0 Å². The molecule has 1 aliphatic rings. The van der Waals surface area contributed by atoms with Gasteiger partial charge < -0.3 is 10.6 Å². The Morgan fingerprint density at radius 1 is 1.40 bits per heavy atom. The quantitative estimate of drug-likeness (QED) is 0.874. The topological polar surface area (TPSA) is 44.4 Å². The number of hydrogen-bond donors (Lipinski definition) is 2. The third kappa shape index (κ3) is 4.47. The highest BCUT2D eigenvalue weighted by atomic mass is 35.5. The van der Waals surface area contributed by atoms with Crippen molar-refractivity contribution in [1.29, 1.82) is 0 Å². The molecule has 1 aromatic rings. The van der Waals surface area contributed by atoms with Gasteiger partial charge in [-0.25, -0.2) is 0 Å². The first-order valence-electron chi connectivity index (χ1n) is 6.95. The van der Waals surface area contributed by atoms with Crippen LogP contribution in [0.1, 0.15) is 18.4 Å². The summed E-state index contributed by atoms with van der Waals surface area (Å²) in [6, 6.07) is 8.38. The standard InChI is InChI=1S/C15H23N3O.ClH/c1-12-6-3-4-8-14(12)17-15(19)11-18-9-5-7-13(18)10-16-2;/h3-4,6,8,13,16H,5,7,9-11H2,1-2H3,(H,17,19);1H. The molecule has 2 rings (SSSR count). The zero-order valence-electron chi connectivity index (χ0n) is 12.2. The molecule has 1 heterocycles. The van der Waals surface area contributed by atoms with Crippen molar-refractivity contribution in [3.05, 3.63) is 29.8 Å². The van der Waals surface area contributed by atoms with Crippen LogP contribution in [0.3, 0.4) is 0 Å². The van der Waals surface area contributed by atoms with E-state index in [1.165, 1.54) is 12.8 Å². The zero-order valence-corrected chi connectivity index (χ0v) is 13.0. The molecule has 1 aromatic carbocycles. The SMILES string of the molecule is CNCC1CCCN1CC(=O)Nc1ccccc1C.Cl. The van der Waals surface area contributed by atoms with E-state index in [0.717, 1.165) is 24.3 Å². The number of likely N-dealkylation sites (tertiary alicyclic amines) is 1. The van der Waals surface area contributed by atoms with Crippen LogP contribution < -0.4 is 10.6 Å². The molecule has 0 spiro atoms. The Morgan fingerprint density at radius 2 is 2.15 bits per heavy atom. The summed E-state index contributed by atoms with van der Waals surface area (Å²) in [6.07, 6.45) is 2.36. The van der Waals surface area contributed by atoms with Crippen LogP contribution in [-0.4, -0.2) is 43.5 Å². The molecular weight excluding hydrogens is 274 g/mol. The summed E-state index contributed by atoms with van der Waals surface area (Å²) in [6.45, 7) is 4.47. The molecule has 0 saturated carbocycles. The van der Waals surface area contributed by atoms with Gasteiger partial charge >= 0.3 is 0 Å². The summed E-state index contributed by atoms with van der Waals surface area (Å²) in [7, 11) is 1.96. The Bertz CT molecular complexity index is 439. The third-order valence-electron chi connectivity index (χ3n) is 3.70. The van der Waals surface area contributed by atoms with Crippen molar-refractivity contribution in [3.63, 3.8) is 0 Å². The van der Waals surface area contributed by atoms with Gasteiger partial charge in [-0.2, -0.15) is 0 Å². The van der Waals surface area contributed by atoms with Gasteiger partial charge in [0.05, 0.1) is 6.54 Å². The minimum absolute atomic E-state index is 0. The minimum Gasteiger partial charge on any atom is -0.325 e. The Balaban J connectivity index is 0.00000200. The number of para-hydroxylation sites is 1. The van der Waals surface area contributed by atoms with Gasteiger partial charge in [0.2, 0.25) is 5.91 Å². The Hall–Kier alpha value is -1.10. The van der Waals surface area contributed by atoms with Crippen LogP contribution >= 0.6 is 12.4 Å². The lowest BCUT2D eigenvalue weighted by Gasteiger charge is -2.23. The summed E-state index contributed by atoms with van der Waals surface area (Å²) < 4.78 is 0. The Morgan fingerprint density at radius 3 is 2.85 bits per heavy atom. The van der Waals surface area contributed by atoms with Gasteiger partial charge in [0.25, 0.3) is 0 Å². The molecule has 1 saturated heterocycles. The van der Waals surface area contributed by atoms with Gasteiger partial charge in [0, 0.05) is 18.3 Å². The number of rotatable bonds is 5. The highest BCUT2D eigenvalue weighted by Gasteiger charge is 2.25. The number of halogens is 1. The number of aryl methyl sites for hydroxylation is 1. The highest BCUT2D eigenvalue weighted by Crippen LogP contribution is 2.17. The summed E-state index contributed by atoms with van der Waals surface area (Å²) in [5.41, 5.74) is 2.01. The van der Waals surface area contributed by atoms with E-state index in [1.807, 2.05) is 38.2 Å². The van der Waals surface area contributed by atoms with Gasteiger partial charge in [0.1, 0.15) is 0 Å². The Labute approximate surface area is 127 Å². The summed E-state index contributed by atoms with van der Waals surface area (Å²) >= 11 is 0. The molecule has 1 amide bonds. The molecule has 4 nitrogen and oxygen atoms in total. The fourth-order valence-corrected chi connectivity index (χ4v) is 2.66. The molecule has 0 bridgehead atoms. The predicted molar refractivity (Wildman–Crippen MR) is 85.6 cm³/mol. The lowest BCUT2D eigenvalue weighted by atomic mass is 10.2. The molecule has 1 fully saturated rings. The molecule has 0 radical (unpaired) electrons. The first-order valence-corrected chi connectivity index (χ1v) is 6.95. The number of anilines is 1. The largest absolute Gasteiger partial charge is 0.325 e. The molecule has 1 atom stereocenters. The van der Waals surface area contributed by atoms with Crippen LogP contribution in [0.4, 0.5) is 5.69 Å². The van der Waals surface area contributed by atoms with Crippen LogP contribution in [-0.2, 0) is 4.79 Å². The van der Waals surface area contributed by atoms with Crippen molar-refractivity contribution in [2.24, 2.45) is 0 Å². The number of hydrogen-bond acceptors (Lipinski definition) is 3. The first kappa shape index (κ1) is 17.0. The summed E-state index contributed by atoms with van der Waals surface area (Å²) in [5, 5.41) is 6.20. The van der Waals surface area contributed by atoms with Gasteiger partial charge in [-0.1, -0.05) is 18.2 Å². The van der Waals surface area contributed by atoms with Gasteiger partial charge in [0.15, 0.2) is 0 Å². The lowest BCUT2D eigenvalue weighted by Crippen LogP contribution is -2.41. The van der Waals surface area contributed by atoms with E-state index >= 15 is 0 Å². The van der Waals surface area contributed by atoms with Crippen LogP contribution in [0.15, 0.2) is 24.3 Å². The van der Waals surface area contributed by atoms with Crippen molar-refractivity contribution in [3.8, 4) is 0 Å². The van der Waals surface area contributed by atoms with Gasteiger partial charge in [-0.15, -0.1) is 12.4 Å². The van der Waals surface area contributed by atoms with Gasteiger partial charge in [-0.05, 0) is 45.0 Å². The predicted octanol–water partition coefficient (Wildman–Crippen LogP) is 2.04. The van der Waals surface area contributed by atoms with Crippen LogP contribution in [0, 0.1) is 6.92 Å². The minimum atomic E-state index is 0. The molecule has 2 N–H and O–H groups in total. The maximum absolute atomic E-state index is 12.1.